The molecule has 156 valence electrons. The average Bonchev–Trinajstić information content (AvgIpc) is 3.39. The molecule has 0 unspecified atom stereocenters. The number of rotatable bonds is 7. The number of anilines is 1. The van der Waals surface area contributed by atoms with Crippen LogP contribution in [0.25, 0.3) is 22.7 Å². The van der Waals surface area contributed by atoms with Gasteiger partial charge in [-0.2, -0.15) is 0 Å². The van der Waals surface area contributed by atoms with Gasteiger partial charge in [-0.3, -0.25) is 14.9 Å². The van der Waals surface area contributed by atoms with E-state index in [1.807, 2.05) is 37.3 Å². The van der Waals surface area contributed by atoms with Gasteiger partial charge in [0.15, 0.2) is 5.13 Å². The smallest absolute Gasteiger partial charge is 0.277 e. The van der Waals surface area contributed by atoms with Gasteiger partial charge in [-0.05, 0) is 13.0 Å². The second kappa shape index (κ2) is 9.06. The molecule has 9 nitrogen and oxygen atoms in total. The third-order valence-corrected chi connectivity index (χ3v) is 5.83. The lowest BCUT2D eigenvalue weighted by Crippen LogP contribution is -2.13. The van der Waals surface area contributed by atoms with Crippen LogP contribution in [0.1, 0.15) is 4.88 Å². The first-order valence-electron chi connectivity index (χ1n) is 9.03. The van der Waals surface area contributed by atoms with Gasteiger partial charge >= 0.3 is 0 Å². The van der Waals surface area contributed by atoms with E-state index in [2.05, 4.69) is 20.5 Å². The molecule has 4 rings (SSSR count). The molecule has 0 atom stereocenters. The normalized spacial score (nSPS) is 10.7. The molecule has 0 aliphatic heterocycles. The Hall–Kier alpha value is -3.57. The zero-order chi connectivity index (χ0) is 21.8. The molecule has 4 aromatic rings. The molecule has 2 heterocycles. The summed E-state index contributed by atoms with van der Waals surface area (Å²) in [6.07, 6.45) is 0. The average molecular weight is 454 g/mol. The number of nitrogens with zero attached hydrogens (tertiary/aromatic N) is 4. The fourth-order valence-electron chi connectivity index (χ4n) is 2.73. The standard InChI is InChI=1S/C20H15N5O4S2/c1-12-17(13-6-3-2-4-7-13)22-19(31-12)21-16(26)11-30-20-24-23-18(29-20)14-8-5-9-15(10-14)25(27)28/h2-10H,11H2,1H3,(H,21,22,26). The van der Waals surface area contributed by atoms with Crippen molar-refractivity contribution in [2.45, 2.75) is 12.1 Å². The van der Waals surface area contributed by atoms with Crippen molar-refractivity contribution in [3.8, 4) is 22.7 Å². The van der Waals surface area contributed by atoms with Crippen LogP contribution >= 0.6 is 23.1 Å². The summed E-state index contributed by atoms with van der Waals surface area (Å²) in [5, 5.41) is 22.2. The van der Waals surface area contributed by atoms with E-state index in [4.69, 9.17) is 4.42 Å². The van der Waals surface area contributed by atoms with Crippen LogP contribution in [0, 0.1) is 17.0 Å². The van der Waals surface area contributed by atoms with Crippen molar-refractivity contribution in [3.63, 3.8) is 0 Å². The molecule has 0 spiro atoms. The Morgan fingerprint density at radius 3 is 2.71 bits per heavy atom. The first kappa shape index (κ1) is 20.7. The molecule has 31 heavy (non-hydrogen) atoms. The lowest BCUT2D eigenvalue weighted by molar-refractivity contribution is -0.384. The molecule has 0 aliphatic rings. The summed E-state index contributed by atoms with van der Waals surface area (Å²) < 4.78 is 5.51. The third-order valence-electron chi connectivity index (χ3n) is 4.13. The van der Waals surface area contributed by atoms with Crippen LogP contribution in [0.15, 0.2) is 64.2 Å². The molecule has 1 amide bonds. The number of nitro benzene ring substituents is 1. The monoisotopic (exact) mass is 453 g/mol. The predicted octanol–water partition coefficient (Wildman–Crippen LogP) is 4.81. The summed E-state index contributed by atoms with van der Waals surface area (Å²) in [5.41, 5.74) is 2.19. The number of aromatic nitrogens is 3. The minimum absolute atomic E-state index is 0.0515. The van der Waals surface area contributed by atoms with Crippen molar-refractivity contribution < 1.29 is 14.1 Å². The van der Waals surface area contributed by atoms with E-state index in [1.165, 1.54) is 29.5 Å². The molecule has 0 fully saturated rings. The van der Waals surface area contributed by atoms with Crippen LogP contribution in [-0.4, -0.2) is 31.8 Å². The molecule has 0 radical (unpaired) electrons. The summed E-state index contributed by atoms with van der Waals surface area (Å²) >= 11 is 2.48. The number of benzene rings is 2. The van der Waals surface area contributed by atoms with Gasteiger partial charge in [-0.1, -0.05) is 48.2 Å². The van der Waals surface area contributed by atoms with Crippen molar-refractivity contribution in [3.05, 3.63) is 69.6 Å². The first-order chi connectivity index (χ1) is 15.0. The summed E-state index contributed by atoms with van der Waals surface area (Å²) in [4.78, 5) is 28.2. The number of nitrogens with one attached hydrogen (secondary N) is 1. The number of carbonyl (C=O) groups is 1. The lowest BCUT2D eigenvalue weighted by atomic mass is 10.1. The maximum Gasteiger partial charge on any atom is 0.277 e. The van der Waals surface area contributed by atoms with E-state index in [0.29, 0.717) is 10.7 Å². The highest BCUT2D eigenvalue weighted by molar-refractivity contribution is 7.99. The van der Waals surface area contributed by atoms with Gasteiger partial charge in [0.1, 0.15) is 0 Å². The number of thiazole rings is 1. The zero-order valence-electron chi connectivity index (χ0n) is 16.1. The minimum atomic E-state index is -0.497. The van der Waals surface area contributed by atoms with Crippen LogP contribution in [0.3, 0.4) is 0 Å². The fraction of sp³-hybridized carbons (Fsp3) is 0.100. The predicted molar refractivity (Wildman–Crippen MR) is 118 cm³/mol. The largest absolute Gasteiger partial charge is 0.411 e. The molecule has 1 N–H and O–H groups in total. The topological polar surface area (TPSA) is 124 Å². The van der Waals surface area contributed by atoms with Gasteiger partial charge in [0.05, 0.1) is 16.4 Å². The van der Waals surface area contributed by atoms with Gasteiger partial charge in [-0.15, -0.1) is 21.5 Å². The minimum Gasteiger partial charge on any atom is -0.411 e. The Morgan fingerprint density at radius 1 is 1.16 bits per heavy atom. The maximum absolute atomic E-state index is 12.3. The number of aryl methyl sites for hydroxylation is 1. The molecule has 0 bridgehead atoms. The Morgan fingerprint density at radius 2 is 1.94 bits per heavy atom. The van der Waals surface area contributed by atoms with Crippen molar-refractivity contribution in [2.24, 2.45) is 0 Å². The van der Waals surface area contributed by atoms with Gasteiger partial charge in [0.25, 0.3) is 10.9 Å². The molecule has 0 saturated heterocycles. The van der Waals surface area contributed by atoms with Gasteiger partial charge in [0, 0.05) is 28.1 Å². The van der Waals surface area contributed by atoms with Crippen LogP contribution in [-0.2, 0) is 4.79 Å². The second-order valence-corrected chi connectivity index (χ2v) is 8.44. The van der Waals surface area contributed by atoms with Crippen LogP contribution in [0.2, 0.25) is 0 Å². The molecule has 0 aliphatic carbocycles. The van der Waals surface area contributed by atoms with E-state index in [1.54, 1.807) is 6.07 Å². The number of carbonyl (C=O) groups excluding carboxylic acids is 1. The Bertz CT molecular complexity index is 1240. The SMILES string of the molecule is Cc1sc(NC(=O)CSc2nnc(-c3cccc([N+](=O)[O-])c3)o2)nc1-c1ccccc1. The number of thioether (sulfide) groups is 1. The lowest BCUT2D eigenvalue weighted by Gasteiger charge is -1.99. The van der Waals surface area contributed by atoms with Crippen LogP contribution in [0.5, 0.6) is 0 Å². The second-order valence-electron chi connectivity index (χ2n) is 6.31. The van der Waals surface area contributed by atoms with Crippen molar-refractivity contribution in [1.29, 1.82) is 0 Å². The molecular formula is C20H15N5O4S2. The molecule has 0 saturated carbocycles. The van der Waals surface area contributed by atoms with Crippen LogP contribution in [0.4, 0.5) is 10.8 Å². The quantitative estimate of drug-likeness (QED) is 0.240. The zero-order valence-corrected chi connectivity index (χ0v) is 17.8. The Labute approximate surface area is 184 Å². The van der Waals surface area contributed by atoms with Crippen molar-refractivity contribution >= 4 is 39.8 Å². The van der Waals surface area contributed by atoms with Crippen molar-refractivity contribution in [2.75, 3.05) is 11.1 Å². The van der Waals surface area contributed by atoms with E-state index in [-0.39, 0.29) is 28.5 Å². The highest BCUT2D eigenvalue weighted by Crippen LogP contribution is 2.30. The number of non-ortho nitro benzene ring substituents is 1. The van der Waals surface area contributed by atoms with E-state index in [9.17, 15) is 14.9 Å². The van der Waals surface area contributed by atoms with Gasteiger partial charge in [0.2, 0.25) is 11.8 Å². The fourth-order valence-corrected chi connectivity index (χ4v) is 4.15. The molecule has 11 heteroatoms. The highest BCUT2D eigenvalue weighted by atomic mass is 32.2. The summed E-state index contributed by atoms with van der Waals surface area (Å²) in [7, 11) is 0. The molecule has 2 aromatic heterocycles. The summed E-state index contributed by atoms with van der Waals surface area (Å²) in [6, 6.07) is 15.7. The van der Waals surface area contributed by atoms with E-state index >= 15 is 0 Å². The Kier molecular flexibility index (Phi) is 6.05. The molecule has 2 aromatic carbocycles. The van der Waals surface area contributed by atoms with E-state index in [0.717, 1.165) is 27.9 Å². The summed E-state index contributed by atoms with van der Waals surface area (Å²) in [6.45, 7) is 1.96. The Balaban J connectivity index is 1.37. The van der Waals surface area contributed by atoms with Gasteiger partial charge < -0.3 is 9.73 Å². The highest BCUT2D eigenvalue weighted by Gasteiger charge is 2.16. The summed E-state index contributed by atoms with van der Waals surface area (Å²) in [5.74, 6) is -0.0568. The van der Waals surface area contributed by atoms with E-state index < -0.39 is 4.92 Å². The number of amides is 1. The van der Waals surface area contributed by atoms with Crippen molar-refractivity contribution in [1.82, 2.24) is 15.2 Å². The van der Waals surface area contributed by atoms with Crippen LogP contribution < -0.4 is 5.32 Å². The number of nitro groups is 1. The first-order valence-corrected chi connectivity index (χ1v) is 10.8. The number of hydrogen-bond donors (Lipinski definition) is 1. The number of hydrogen-bond acceptors (Lipinski definition) is 9. The maximum atomic E-state index is 12.3. The third kappa shape index (κ3) is 4.95. The van der Waals surface area contributed by atoms with Gasteiger partial charge in [-0.25, -0.2) is 4.98 Å². The molecular weight excluding hydrogens is 438 g/mol.